The lowest BCUT2D eigenvalue weighted by molar-refractivity contribution is -0.870. The number of phosphoric acid groups is 1. The molecule has 2 atom stereocenters. The Bertz CT molecular complexity index is 936. The highest BCUT2D eigenvalue weighted by molar-refractivity contribution is 7.47. The van der Waals surface area contributed by atoms with E-state index in [1.54, 1.807) is 6.26 Å². The van der Waals surface area contributed by atoms with Gasteiger partial charge >= 0.3 is 13.8 Å². The van der Waals surface area contributed by atoms with Crippen molar-refractivity contribution in [1.29, 1.82) is 0 Å². The Morgan fingerprint density at radius 2 is 0.964 bits per heavy atom. The Labute approximate surface area is 341 Å². The van der Waals surface area contributed by atoms with Crippen molar-refractivity contribution < 1.29 is 37.3 Å². The van der Waals surface area contributed by atoms with Crippen LogP contribution < -0.4 is 0 Å². The van der Waals surface area contributed by atoms with E-state index in [0.29, 0.717) is 17.4 Å². The minimum atomic E-state index is -4.29. The summed E-state index contributed by atoms with van der Waals surface area (Å²) in [7, 11) is 1.64. The maximum atomic E-state index is 12.7. The first kappa shape index (κ1) is 53.8. The average Bonchev–Trinajstić information content (AvgIpc) is 3.13. The molecule has 8 nitrogen and oxygen atoms in total. The molecule has 0 radical (unpaired) electrons. The summed E-state index contributed by atoms with van der Waals surface area (Å²) in [4.78, 5) is 22.9. The number of esters is 1. The van der Waals surface area contributed by atoms with Gasteiger partial charge in [-0.3, -0.25) is 13.8 Å². The zero-order chi connectivity index (χ0) is 40.6. The van der Waals surface area contributed by atoms with Gasteiger partial charge < -0.3 is 18.9 Å². The maximum Gasteiger partial charge on any atom is 0.472 e. The van der Waals surface area contributed by atoms with E-state index in [1.165, 1.54) is 161 Å². The maximum absolute atomic E-state index is 12.7. The van der Waals surface area contributed by atoms with E-state index in [4.69, 9.17) is 18.5 Å². The molecule has 0 rings (SSSR count). The van der Waals surface area contributed by atoms with Crippen LogP contribution in [0.2, 0.25) is 0 Å². The second-order valence-electron chi connectivity index (χ2n) is 16.9. The monoisotopic (exact) mass is 801 g/mol. The van der Waals surface area contributed by atoms with Gasteiger partial charge in [0.15, 0.2) is 6.10 Å². The molecule has 0 heterocycles. The first-order valence-electron chi connectivity index (χ1n) is 23.1. The second-order valence-corrected chi connectivity index (χ2v) is 18.3. The molecular formula is C46H91NO7P+. The number of carbonyl (C=O) groups is 1. The van der Waals surface area contributed by atoms with Gasteiger partial charge in [-0.25, -0.2) is 4.57 Å². The molecule has 0 bridgehead atoms. The number of quaternary nitrogens is 1. The van der Waals surface area contributed by atoms with Gasteiger partial charge in [0.25, 0.3) is 0 Å². The van der Waals surface area contributed by atoms with E-state index in [1.807, 2.05) is 27.2 Å². The van der Waals surface area contributed by atoms with Gasteiger partial charge in [0, 0.05) is 6.42 Å². The van der Waals surface area contributed by atoms with Crippen molar-refractivity contribution in [3.8, 4) is 0 Å². The molecule has 0 aromatic rings. The summed E-state index contributed by atoms with van der Waals surface area (Å²) < 4.78 is 34.8. The summed E-state index contributed by atoms with van der Waals surface area (Å²) in [5.74, 6) is -0.336. The van der Waals surface area contributed by atoms with E-state index >= 15 is 0 Å². The number of nitrogens with zero attached hydrogens (tertiary/aromatic N) is 1. The quantitative estimate of drug-likeness (QED) is 0.0164. The van der Waals surface area contributed by atoms with E-state index < -0.39 is 13.9 Å². The van der Waals surface area contributed by atoms with Crippen LogP contribution in [0.15, 0.2) is 24.5 Å². The highest BCUT2D eigenvalue weighted by Crippen LogP contribution is 2.43. The van der Waals surface area contributed by atoms with Crippen LogP contribution >= 0.6 is 7.82 Å². The fraction of sp³-hybridized carbons (Fsp3) is 0.891. The predicted octanol–water partition coefficient (Wildman–Crippen LogP) is 14.0. The van der Waals surface area contributed by atoms with Gasteiger partial charge in [-0.15, -0.1) is 0 Å². The smallest absolute Gasteiger partial charge is 0.472 e. The number of carbonyl (C=O) groups excluding carboxylic acids is 1. The molecule has 0 aliphatic rings. The number of hydrogen-bond acceptors (Lipinski definition) is 6. The third kappa shape index (κ3) is 43.8. The third-order valence-corrected chi connectivity index (χ3v) is 11.1. The average molecular weight is 801 g/mol. The van der Waals surface area contributed by atoms with Crippen molar-refractivity contribution >= 4 is 13.8 Å². The molecule has 0 aromatic carbocycles. The lowest BCUT2D eigenvalue weighted by Crippen LogP contribution is -2.37. The zero-order valence-corrected chi connectivity index (χ0v) is 37.8. The number of rotatable bonds is 43. The molecule has 326 valence electrons. The normalized spacial score (nSPS) is 13.9. The van der Waals surface area contributed by atoms with Gasteiger partial charge in [0.05, 0.1) is 34.0 Å². The first-order valence-corrected chi connectivity index (χ1v) is 24.6. The van der Waals surface area contributed by atoms with E-state index in [0.717, 1.165) is 32.1 Å². The summed E-state index contributed by atoms with van der Waals surface area (Å²) in [6.07, 6.45) is 45.9. The zero-order valence-electron chi connectivity index (χ0n) is 36.9. The van der Waals surface area contributed by atoms with Crippen molar-refractivity contribution in [3.05, 3.63) is 24.5 Å². The summed E-state index contributed by atoms with van der Waals surface area (Å²) in [6, 6.07) is 0. The Balaban J connectivity index is 4.24. The highest BCUT2D eigenvalue weighted by Gasteiger charge is 2.26. The molecule has 0 saturated carbocycles. The van der Waals surface area contributed by atoms with Crippen molar-refractivity contribution in [2.24, 2.45) is 0 Å². The Morgan fingerprint density at radius 1 is 0.564 bits per heavy atom. The fourth-order valence-electron chi connectivity index (χ4n) is 6.45. The first-order chi connectivity index (χ1) is 26.6. The minimum Gasteiger partial charge on any atom is -0.498 e. The van der Waals surface area contributed by atoms with E-state index in [-0.39, 0.29) is 25.8 Å². The van der Waals surface area contributed by atoms with Crippen LogP contribution in [0.4, 0.5) is 0 Å². The molecule has 0 aliphatic carbocycles. The summed E-state index contributed by atoms with van der Waals surface area (Å²) in [5, 5.41) is 0. The standard InChI is InChI=1S/C46H90NO7P/c1-6-8-10-12-14-16-18-20-22-24-25-27-29-31-33-35-37-39-46(48)54-45(44-53-55(49,50)52-42-40-47(3,4)5)43-51-41-38-36-34-32-30-28-26-23-21-19-17-15-13-11-9-7-2/h16,18,38,41,45H,6-15,17,19-37,39-40,42-44H2,1-5H3/p+1/b18-16+,41-38+/t45-/m1/s1. The Hall–Kier alpha value is -1.18. The summed E-state index contributed by atoms with van der Waals surface area (Å²) in [6.45, 7) is 4.94. The Morgan fingerprint density at radius 3 is 1.42 bits per heavy atom. The van der Waals surface area contributed by atoms with Crippen molar-refractivity contribution in [1.82, 2.24) is 0 Å². The predicted molar refractivity (Wildman–Crippen MR) is 233 cm³/mol. The minimum absolute atomic E-state index is 0.0508. The van der Waals surface area contributed by atoms with Crippen molar-refractivity contribution in [2.45, 2.75) is 219 Å². The van der Waals surface area contributed by atoms with Crippen LogP contribution in [0.3, 0.4) is 0 Å². The number of hydrogen-bond donors (Lipinski definition) is 1. The number of likely N-dealkylation sites (N-methyl/N-ethyl adjacent to an activating group) is 1. The molecule has 0 spiro atoms. The van der Waals surface area contributed by atoms with Crippen LogP contribution in [0.5, 0.6) is 0 Å². The van der Waals surface area contributed by atoms with Gasteiger partial charge in [0.2, 0.25) is 0 Å². The molecule has 0 fully saturated rings. The van der Waals surface area contributed by atoms with Crippen LogP contribution in [-0.2, 0) is 27.9 Å². The number of unbranched alkanes of at least 4 members (excludes halogenated alkanes) is 27. The van der Waals surface area contributed by atoms with Crippen molar-refractivity contribution in [3.63, 3.8) is 0 Å². The molecule has 0 aliphatic heterocycles. The lowest BCUT2D eigenvalue weighted by atomic mass is 10.0. The van der Waals surface area contributed by atoms with Crippen LogP contribution in [0, 0.1) is 0 Å². The lowest BCUT2D eigenvalue weighted by Gasteiger charge is -2.24. The highest BCUT2D eigenvalue weighted by atomic mass is 31.2. The van der Waals surface area contributed by atoms with E-state index in [9.17, 15) is 14.3 Å². The summed E-state index contributed by atoms with van der Waals surface area (Å²) >= 11 is 0. The van der Waals surface area contributed by atoms with Crippen LogP contribution in [0.1, 0.15) is 213 Å². The number of ether oxygens (including phenoxy) is 2. The largest absolute Gasteiger partial charge is 0.498 e. The SMILES string of the molecule is CCCCCC/C=C/CCCCCCCCCCCC(=O)O[C@H](CO/C=C/CCCCCCCCCCCCCCCC)COP(=O)(O)OCC[N+](C)(C)C. The fourth-order valence-corrected chi connectivity index (χ4v) is 7.20. The van der Waals surface area contributed by atoms with Crippen LogP contribution in [-0.4, -0.2) is 69.0 Å². The Kier molecular flexibility index (Phi) is 38.8. The molecule has 55 heavy (non-hydrogen) atoms. The second kappa shape index (κ2) is 39.6. The van der Waals surface area contributed by atoms with Gasteiger partial charge in [0.1, 0.15) is 19.8 Å². The van der Waals surface area contributed by atoms with Crippen LogP contribution in [0.25, 0.3) is 0 Å². The number of phosphoric ester groups is 1. The number of allylic oxidation sites excluding steroid dienone is 3. The molecule has 0 aromatic heterocycles. The van der Waals surface area contributed by atoms with Gasteiger partial charge in [-0.05, 0) is 51.0 Å². The molecule has 1 unspecified atom stereocenters. The molecule has 0 amide bonds. The summed E-state index contributed by atoms with van der Waals surface area (Å²) in [5.41, 5.74) is 0. The molecule has 1 N–H and O–H groups in total. The molecule has 9 heteroatoms. The van der Waals surface area contributed by atoms with Gasteiger partial charge in [-0.1, -0.05) is 174 Å². The molecular weight excluding hydrogens is 709 g/mol. The van der Waals surface area contributed by atoms with Crippen molar-refractivity contribution in [2.75, 3.05) is 47.5 Å². The third-order valence-electron chi connectivity index (χ3n) is 10.1. The topological polar surface area (TPSA) is 91.3 Å². The van der Waals surface area contributed by atoms with Gasteiger partial charge in [-0.2, -0.15) is 0 Å². The van der Waals surface area contributed by atoms with E-state index in [2.05, 4.69) is 26.0 Å². The molecule has 0 saturated heterocycles.